The number of benzene rings is 2. The van der Waals surface area contributed by atoms with Crippen molar-refractivity contribution in [3.05, 3.63) is 64.1 Å². The van der Waals surface area contributed by atoms with E-state index in [0.717, 1.165) is 4.47 Å². The maximum atomic E-state index is 12.4. The van der Waals surface area contributed by atoms with E-state index in [1.54, 1.807) is 62.4 Å². The Morgan fingerprint density at radius 1 is 0.885 bits per heavy atom. The van der Waals surface area contributed by atoms with Crippen LogP contribution in [0.25, 0.3) is 0 Å². The number of ether oxygens (including phenoxy) is 1. The van der Waals surface area contributed by atoms with Gasteiger partial charge in [-0.15, -0.1) is 0 Å². The van der Waals surface area contributed by atoms with Gasteiger partial charge in [0.15, 0.2) is 6.10 Å². The van der Waals surface area contributed by atoms with Crippen LogP contribution in [0.5, 0.6) is 0 Å². The molecule has 2 aromatic carbocycles. The number of esters is 1. The van der Waals surface area contributed by atoms with E-state index in [2.05, 4.69) is 21.2 Å². The smallest absolute Gasteiger partial charge is 0.338 e. The number of amides is 1. The molecule has 0 spiro atoms. The lowest BCUT2D eigenvalue weighted by Gasteiger charge is -2.13. The molecule has 0 saturated carbocycles. The van der Waals surface area contributed by atoms with E-state index in [9.17, 15) is 14.4 Å². The molecule has 0 aliphatic heterocycles. The molecule has 26 heavy (non-hydrogen) atoms. The van der Waals surface area contributed by atoms with Gasteiger partial charge in [0, 0.05) is 21.6 Å². The van der Waals surface area contributed by atoms with Gasteiger partial charge in [-0.2, -0.15) is 0 Å². The minimum absolute atomic E-state index is 0.0964. The molecule has 0 bridgehead atoms. The minimum Gasteiger partial charge on any atom is -0.451 e. The van der Waals surface area contributed by atoms with Crippen LogP contribution in [-0.2, 0) is 9.53 Å². The lowest BCUT2D eigenvalue weighted by atomic mass is 10.1. The summed E-state index contributed by atoms with van der Waals surface area (Å²) in [6.07, 6.45) is -0.915. The van der Waals surface area contributed by atoms with Crippen molar-refractivity contribution in [2.75, 3.05) is 5.32 Å². The van der Waals surface area contributed by atoms with E-state index in [1.807, 2.05) is 0 Å². The highest BCUT2D eigenvalue weighted by molar-refractivity contribution is 9.10. The Balaban J connectivity index is 2.00. The van der Waals surface area contributed by atoms with Crippen molar-refractivity contribution in [2.45, 2.75) is 26.9 Å². The molecule has 136 valence electrons. The van der Waals surface area contributed by atoms with Crippen LogP contribution in [0.3, 0.4) is 0 Å². The number of halogens is 1. The summed E-state index contributed by atoms with van der Waals surface area (Å²) >= 11 is 3.30. The van der Waals surface area contributed by atoms with Crippen molar-refractivity contribution < 1.29 is 19.1 Å². The highest BCUT2D eigenvalue weighted by atomic mass is 79.9. The van der Waals surface area contributed by atoms with Crippen LogP contribution in [0, 0.1) is 5.92 Å². The molecule has 6 heteroatoms. The fraction of sp³-hybridized carbons (Fsp3) is 0.250. The van der Waals surface area contributed by atoms with Gasteiger partial charge in [-0.05, 0) is 55.5 Å². The Morgan fingerprint density at radius 3 is 1.96 bits per heavy atom. The van der Waals surface area contributed by atoms with Gasteiger partial charge in [-0.25, -0.2) is 4.79 Å². The van der Waals surface area contributed by atoms with Gasteiger partial charge in [0.05, 0.1) is 5.56 Å². The lowest BCUT2D eigenvalue weighted by molar-refractivity contribution is -0.118. The first kappa shape index (κ1) is 19.8. The number of hydrogen-bond acceptors (Lipinski definition) is 4. The van der Waals surface area contributed by atoms with E-state index in [-0.39, 0.29) is 17.6 Å². The zero-order chi connectivity index (χ0) is 19.3. The van der Waals surface area contributed by atoms with Gasteiger partial charge < -0.3 is 10.1 Å². The van der Waals surface area contributed by atoms with Crippen molar-refractivity contribution in [2.24, 2.45) is 5.92 Å². The molecular formula is C20H20BrNO4. The van der Waals surface area contributed by atoms with Crippen LogP contribution in [0.2, 0.25) is 0 Å². The number of nitrogens with one attached hydrogen (secondary N) is 1. The third-order valence-electron chi connectivity index (χ3n) is 3.69. The number of hydrogen-bond donors (Lipinski definition) is 1. The fourth-order valence-corrected chi connectivity index (χ4v) is 2.37. The molecule has 0 fully saturated rings. The first-order valence-electron chi connectivity index (χ1n) is 8.19. The third-order valence-corrected chi connectivity index (χ3v) is 4.22. The van der Waals surface area contributed by atoms with Crippen molar-refractivity contribution in [1.82, 2.24) is 0 Å². The van der Waals surface area contributed by atoms with Crippen molar-refractivity contribution in [1.29, 1.82) is 0 Å². The fourth-order valence-electron chi connectivity index (χ4n) is 2.11. The zero-order valence-corrected chi connectivity index (χ0v) is 16.4. The average Bonchev–Trinajstić information content (AvgIpc) is 2.62. The Bertz CT molecular complexity index is 798. The summed E-state index contributed by atoms with van der Waals surface area (Å²) in [5, 5.41) is 2.76. The summed E-state index contributed by atoms with van der Waals surface area (Å²) < 4.78 is 6.10. The molecule has 0 heterocycles. The minimum atomic E-state index is -0.915. The van der Waals surface area contributed by atoms with Crippen LogP contribution < -0.4 is 5.32 Å². The first-order chi connectivity index (χ1) is 12.3. The SMILES string of the molecule is CC(C)C(=O)Nc1ccc(C(=O)C(C)OC(=O)c2ccc(Br)cc2)cc1. The maximum absolute atomic E-state index is 12.4. The second-order valence-electron chi connectivity index (χ2n) is 6.14. The molecular weight excluding hydrogens is 398 g/mol. The van der Waals surface area contributed by atoms with Crippen molar-refractivity contribution in [3.8, 4) is 0 Å². The second kappa shape index (κ2) is 8.76. The molecule has 0 aliphatic rings. The quantitative estimate of drug-likeness (QED) is 0.555. The molecule has 2 aromatic rings. The standard InChI is InChI=1S/C20H20BrNO4/c1-12(2)19(24)22-17-10-6-14(7-11-17)18(23)13(3)26-20(25)15-4-8-16(21)9-5-15/h4-13H,1-3H3,(H,22,24). The van der Waals surface area contributed by atoms with Crippen LogP contribution in [-0.4, -0.2) is 23.8 Å². The molecule has 0 aliphatic carbocycles. The van der Waals surface area contributed by atoms with Crippen molar-refractivity contribution in [3.63, 3.8) is 0 Å². The molecule has 0 aromatic heterocycles. The van der Waals surface area contributed by atoms with Crippen LogP contribution in [0.1, 0.15) is 41.5 Å². The Morgan fingerprint density at radius 2 is 1.42 bits per heavy atom. The normalized spacial score (nSPS) is 11.7. The lowest BCUT2D eigenvalue weighted by Crippen LogP contribution is -2.24. The summed E-state index contributed by atoms with van der Waals surface area (Å²) in [5.74, 6) is -1.09. The van der Waals surface area contributed by atoms with Crippen molar-refractivity contribution >= 4 is 39.3 Å². The molecule has 0 saturated heterocycles. The molecule has 1 amide bonds. The topological polar surface area (TPSA) is 72.5 Å². The van der Waals surface area contributed by atoms with Gasteiger partial charge in [0.2, 0.25) is 11.7 Å². The molecule has 1 unspecified atom stereocenters. The molecule has 5 nitrogen and oxygen atoms in total. The van der Waals surface area contributed by atoms with Gasteiger partial charge >= 0.3 is 5.97 Å². The largest absolute Gasteiger partial charge is 0.451 e. The van der Waals surface area contributed by atoms with Gasteiger partial charge in [-0.3, -0.25) is 9.59 Å². The molecule has 0 radical (unpaired) electrons. The Kier molecular flexibility index (Phi) is 6.69. The molecule has 1 atom stereocenters. The van der Waals surface area contributed by atoms with Gasteiger partial charge in [0.25, 0.3) is 0 Å². The Labute approximate surface area is 160 Å². The van der Waals surface area contributed by atoms with E-state index >= 15 is 0 Å². The summed E-state index contributed by atoms with van der Waals surface area (Å²) in [7, 11) is 0. The zero-order valence-electron chi connectivity index (χ0n) is 14.8. The first-order valence-corrected chi connectivity index (χ1v) is 8.99. The average molecular weight is 418 g/mol. The highest BCUT2D eigenvalue weighted by Crippen LogP contribution is 2.15. The summed E-state index contributed by atoms with van der Waals surface area (Å²) in [6.45, 7) is 5.14. The third kappa shape index (κ3) is 5.26. The summed E-state index contributed by atoms with van der Waals surface area (Å²) in [5.41, 5.74) is 1.39. The van der Waals surface area contributed by atoms with E-state index in [4.69, 9.17) is 4.74 Å². The highest BCUT2D eigenvalue weighted by Gasteiger charge is 2.20. The number of Topliss-reactive ketones (excluding diaryl/α,β-unsaturated/α-hetero) is 1. The van der Waals surface area contributed by atoms with Crippen LogP contribution in [0.15, 0.2) is 53.0 Å². The number of ketones is 1. The number of carbonyl (C=O) groups excluding carboxylic acids is 3. The van der Waals surface area contributed by atoms with Crippen LogP contribution >= 0.6 is 15.9 Å². The maximum Gasteiger partial charge on any atom is 0.338 e. The van der Waals surface area contributed by atoms with Gasteiger partial charge in [0.1, 0.15) is 0 Å². The Hall–Kier alpha value is -2.47. The summed E-state index contributed by atoms with van der Waals surface area (Å²) in [4.78, 5) is 36.2. The predicted molar refractivity (Wildman–Crippen MR) is 103 cm³/mol. The molecule has 1 N–H and O–H groups in total. The second-order valence-corrected chi connectivity index (χ2v) is 7.06. The summed E-state index contributed by atoms with van der Waals surface area (Å²) in [6, 6.07) is 13.2. The van der Waals surface area contributed by atoms with Gasteiger partial charge in [-0.1, -0.05) is 29.8 Å². The predicted octanol–water partition coefficient (Wildman–Crippen LogP) is 4.47. The van der Waals surface area contributed by atoms with Crippen LogP contribution in [0.4, 0.5) is 5.69 Å². The van der Waals surface area contributed by atoms with E-state index in [0.29, 0.717) is 16.8 Å². The van der Waals surface area contributed by atoms with E-state index < -0.39 is 12.1 Å². The molecule has 2 rings (SSSR count). The number of anilines is 1. The van der Waals surface area contributed by atoms with E-state index in [1.165, 1.54) is 6.92 Å². The number of rotatable bonds is 6. The monoisotopic (exact) mass is 417 g/mol. The number of carbonyl (C=O) groups is 3.